The zero-order chi connectivity index (χ0) is 20.0. The van der Waals surface area contributed by atoms with Crippen molar-refractivity contribution in [3.63, 3.8) is 0 Å². The summed E-state index contributed by atoms with van der Waals surface area (Å²) >= 11 is 7.44. The van der Waals surface area contributed by atoms with Gasteiger partial charge in [0.05, 0.1) is 5.75 Å². The average molecular weight is 432 g/mol. The number of nitrogens with two attached hydrogens (primary N) is 1. The van der Waals surface area contributed by atoms with Gasteiger partial charge in [0.1, 0.15) is 6.33 Å². The Hall–Kier alpha value is -1.73. The highest BCUT2D eigenvalue weighted by Crippen LogP contribution is 2.58. The van der Waals surface area contributed by atoms with E-state index in [2.05, 4.69) is 15.1 Å². The van der Waals surface area contributed by atoms with E-state index in [4.69, 9.17) is 17.4 Å². The highest BCUT2D eigenvalue weighted by atomic mass is 35.5. The van der Waals surface area contributed by atoms with Crippen molar-refractivity contribution in [2.45, 2.75) is 55.8 Å². The molecule has 6 rings (SSSR count). The summed E-state index contributed by atoms with van der Waals surface area (Å²) in [5, 5.41) is 9.09. The lowest BCUT2D eigenvalue weighted by Crippen LogP contribution is -2.61. The van der Waals surface area contributed by atoms with Crippen molar-refractivity contribution < 1.29 is 4.79 Å². The van der Waals surface area contributed by atoms with Gasteiger partial charge in [-0.25, -0.2) is 4.68 Å². The molecule has 6 nitrogen and oxygen atoms in total. The van der Waals surface area contributed by atoms with Crippen LogP contribution in [-0.4, -0.2) is 37.0 Å². The van der Waals surface area contributed by atoms with Crippen LogP contribution < -0.4 is 5.84 Å². The van der Waals surface area contributed by atoms with Crippen LogP contribution in [0.15, 0.2) is 35.7 Å². The topological polar surface area (TPSA) is 77.0 Å². The fourth-order valence-electron chi connectivity index (χ4n) is 6.23. The van der Waals surface area contributed by atoms with Crippen molar-refractivity contribution in [3.05, 3.63) is 41.2 Å². The third-order valence-corrected chi connectivity index (χ3v) is 8.19. The number of thioether (sulfide) groups is 1. The van der Waals surface area contributed by atoms with Crippen LogP contribution in [0.1, 0.15) is 44.1 Å². The van der Waals surface area contributed by atoms with Gasteiger partial charge in [-0.2, -0.15) is 0 Å². The fraction of sp³-hybridized carbons (Fsp3) is 0.571. The van der Waals surface area contributed by atoms with Crippen LogP contribution in [0.3, 0.4) is 0 Å². The molecule has 29 heavy (non-hydrogen) atoms. The Labute approximate surface area is 180 Å². The van der Waals surface area contributed by atoms with Crippen LogP contribution in [0, 0.1) is 17.8 Å². The van der Waals surface area contributed by atoms with Crippen molar-refractivity contribution in [2.75, 3.05) is 11.6 Å². The monoisotopic (exact) mass is 431 g/mol. The number of aromatic nitrogens is 3. The molecule has 0 aliphatic heterocycles. The Bertz CT molecular complexity index is 863. The molecule has 0 atom stereocenters. The SMILES string of the molecule is Nn1cnnc1SCC(=O)N(Cc1ccc(Cl)cc1)C12CC3CC(CC(C3)C1)C2. The Kier molecular flexibility index (Phi) is 4.98. The number of carbonyl (C=O) groups excluding carboxylic acids is 1. The van der Waals surface area contributed by atoms with Gasteiger partial charge in [0, 0.05) is 17.1 Å². The fourth-order valence-corrected chi connectivity index (χ4v) is 7.06. The van der Waals surface area contributed by atoms with E-state index in [1.807, 2.05) is 24.3 Å². The zero-order valence-corrected chi connectivity index (χ0v) is 17.9. The number of amides is 1. The number of hydrogen-bond donors (Lipinski definition) is 1. The van der Waals surface area contributed by atoms with Gasteiger partial charge >= 0.3 is 0 Å². The minimum atomic E-state index is 0.00240. The van der Waals surface area contributed by atoms with Crippen LogP contribution in [0.5, 0.6) is 0 Å². The second-order valence-corrected chi connectivity index (χ2v) is 10.4. The quantitative estimate of drug-likeness (QED) is 0.557. The van der Waals surface area contributed by atoms with Crippen LogP contribution in [0.25, 0.3) is 0 Å². The van der Waals surface area contributed by atoms with Crippen molar-refractivity contribution in [3.8, 4) is 0 Å². The smallest absolute Gasteiger partial charge is 0.233 e. The lowest BCUT2D eigenvalue weighted by Gasteiger charge is -2.60. The van der Waals surface area contributed by atoms with Crippen molar-refractivity contribution in [2.24, 2.45) is 17.8 Å². The predicted octanol–water partition coefficient (Wildman–Crippen LogP) is 3.74. The van der Waals surface area contributed by atoms with E-state index in [-0.39, 0.29) is 11.4 Å². The largest absolute Gasteiger partial charge is 0.336 e. The van der Waals surface area contributed by atoms with Crippen LogP contribution >= 0.6 is 23.4 Å². The number of rotatable bonds is 6. The standard InChI is InChI=1S/C21H26ClN5OS/c22-18-3-1-14(2-4-18)11-26(19(28)12-29-20-25-24-13-27(20)23)21-8-15-5-16(9-21)7-17(6-15)10-21/h1-4,13,15-17H,5-12,23H2. The molecule has 4 fully saturated rings. The molecule has 2 aromatic rings. The predicted molar refractivity (Wildman–Crippen MR) is 114 cm³/mol. The average Bonchev–Trinajstić information content (AvgIpc) is 3.09. The Balaban J connectivity index is 1.40. The summed E-state index contributed by atoms with van der Waals surface area (Å²) in [6, 6.07) is 7.88. The van der Waals surface area contributed by atoms with E-state index < -0.39 is 0 Å². The number of halogens is 1. The van der Waals surface area contributed by atoms with Gasteiger partial charge in [-0.3, -0.25) is 4.79 Å². The Morgan fingerprint density at radius 2 is 1.79 bits per heavy atom. The summed E-state index contributed by atoms with van der Waals surface area (Å²) in [6.07, 6.45) is 8.97. The molecule has 2 N–H and O–H groups in total. The van der Waals surface area contributed by atoms with Crippen molar-refractivity contribution in [1.29, 1.82) is 0 Å². The molecule has 1 heterocycles. The molecule has 4 saturated carbocycles. The van der Waals surface area contributed by atoms with Crippen LogP contribution in [-0.2, 0) is 11.3 Å². The van der Waals surface area contributed by atoms with Gasteiger partial charge in [0.25, 0.3) is 0 Å². The summed E-state index contributed by atoms with van der Waals surface area (Å²) in [6.45, 7) is 0.637. The van der Waals surface area contributed by atoms with Gasteiger partial charge in [-0.05, 0) is 74.0 Å². The molecule has 0 unspecified atom stereocenters. The van der Waals surface area contributed by atoms with Gasteiger partial charge in [-0.1, -0.05) is 35.5 Å². The first-order valence-electron chi connectivity index (χ1n) is 10.3. The molecule has 8 heteroatoms. The summed E-state index contributed by atoms with van der Waals surface area (Å²) in [4.78, 5) is 15.7. The second kappa shape index (κ2) is 7.51. The maximum absolute atomic E-state index is 13.5. The van der Waals surface area contributed by atoms with Crippen molar-refractivity contribution >= 4 is 29.3 Å². The molecule has 4 aliphatic rings. The maximum atomic E-state index is 13.5. The first-order chi connectivity index (χ1) is 14.0. The van der Waals surface area contributed by atoms with Gasteiger partial charge < -0.3 is 10.7 Å². The van der Waals surface area contributed by atoms with E-state index in [9.17, 15) is 4.79 Å². The summed E-state index contributed by atoms with van der Waals surface area (Å²) in [7, 11) is 0. The molecule has 1 aromatic heterocycles. The Morgan fingerprint density at radius 1 is 1.17 bits per heavy atom. The number of benzene rings is 1. The molecule has 0 spiro atoms. The minimum Gasteiger partial charge on any atom is -0.336 e. The summed E-state index contributed by atoms with van der Waals surface area (Å²) in [5.74, 6) is 8.64. The Morgan fingerprint density at radius 3 is 2.34 bits per heavy atom. The number of carbonyl (C=O) groups is 1. The lowest BCUT2D eigenvalue weighted by molar-refractivity contribution is -0.149. The number of nitrogens with zero attached hydrogens (tertiary/aromatic N) is 4. The van der Waals surface area contributed by atoms with Gasteiger partial charge in [0.15, 0.2) is 0 Å². The third kappa shape index (κ3) is 3.75. The molecule has 0 radical (unpaired) electrons. The van der Waals surface area contributed by atoms with E-state index in [0.717, 1.165) is 47.6 Å². The molecular formula is C21H26ClN5OS. The summed E-state index contributed by atoms with van der Waals surface area (Å²) in [5.41, 5.74) is 1.13. The van der Waals surface area contributed by atoms with E-state index in [1.54, 1.807) is 0 Å². The van der Waals surface area contributed by atoms with E-state index >= 15 is 0 Å². The first-order valence-corrected chi connectivity index (χ1v) is 11.7. The van der Waals surface area contributed by atoms with E-state index in [0.29, 0.717) is 17.5 Å². The normalized spacial score (nSPS) is 29.9. The second-order valence-electron chi connectivity index (χ2n) is 9.06. The summed E-state index contributed by atoms with van der Waals surface area (Å²) < 4.78 is 1.37. The lowest BCUT2D eigenvalue weighted by atomic mass is 9.52. The third-order valence-electron chi connectivity index (χ3n) is 7.00. The molecule has 1 amide bonds. The molecule has 4 aliphatic carbocycles. The first kappa shape index (κ1) is 19.2. The molecular weight excluding hydrogens is 406 g/mol. The molecule has 4 bridgehead atoms. The molecule has 0 saturated heterocycles. The zero-order valence-electron chi connectivity index (χ0n) is 16.3. The molecule has 154 valence electrons. The van der Waals surface area contributed by atoms with Crippen molar-refractivity contribution in [1.82, 2.24) is 19.8 Å². The van der Waals surface area contributed by atoms with Crippen LogP contribution in [0.4, 0.5) is 0 Å². The number of nitrogen functional groups attached to an aromatic ring is 1. The van der Waals surface area contributed by atoms with Crippen LogP contribution in [0.2, 0.25) is 5.02 Å². The number of hydrogen-bond acceptors (Lipinski definition) is 5. The van der Waals surface area contributed by atoms with Gasteiger partial charge in [-0.15, -0.1) is 10.2 Å². The van der Waals surface area contributed by atoms with E-state index in [1.165, 1.54) is 42.0 Å². The highest BCUT2D eigenvalue weighted by molar-refractivity contribution is 7.99. The van der Waals surface area contributed by atoms with Gasteiger partial charge in [0.2, 0.25) is 11.1 Å². The highest BCUT2D eigenvalue weighted by Gasteiger charge is 2.54. The minimum absolute atomic E-state index is 0.00240. The maximum Gasteiger partial charge on any atom is 0.233 e. The molecule has 1 aromatic carbocycles.